The molecule has 0 radical (unpaired) electrons. The summed E-state index contributed by atoms with van der Waals surface area (Å²) in [5, 5.41) is 2.36. The summed E-state index contributed by atoms with van der Waals surface area (Å²) in [5.74, 6) is 0. The van der Waals surface area contributed by atoms with Crippen molar-refractivity contribution in [2.45, 2.75) is 18.9 Å². The van der Waals surface area contributed by atoms with Crippen LogP contribution in [0.4, 0.5) is 0 Å². The van der Waals surface area contributed by atoms with Gasteiger partial charge in [-0.15, -0.1) is 11.3 Å². The van der Waals surface area contributed by atoms with E-state index in [2.05, 4.69) is 0 Å². The Balaban J connectivity index is 1.86. The lowest BCUT2D eigenvalue weighted by molar-refractivity contribution is 0.596. The van der Waals surface area contributed by atoms with Crippen LogP contribution >= 0.6 is 34.7 Å². The van der Waals surface area contributed by atoms with Crippen molar-refractivity contribution in [1.82, 2.24) is 0 Å². The highest BCUT2D eigenvalue weighted by atomic mass is 35.5. The number of hydrogen-bond acceptors (Lipinski definition) is 4. The standard InChI is InChI=1S/C16H11ClO2S3/c17-12-6-8-13(9-7-12)21-16-10-15(11-20-16)22(18,19)14-4-2-1-3-5-14/h1-11H. The van der Waals surface area contributed by atoms with Crippen LogP contribution < -0.4 is 0 Å². The molecule has 6 heteroatoms. The third kappa shape index (κ3) is 3.38. The molecule has 0 spiro atoms. The second-order valence-corrected chi connectivity index (χ2v) is 9.15. The van der Waals surface area contributed by atoms with Gasteiger partial charge in [-0.25, -0.2) is 8.42 Å². The van der Waals surface area contributed by atoms with Gasteiger partial charge >= 0.3 is 0 Å². The Labute approximate surface area is 142 Å². The fourth-order valence-electron chi connectivity index (χ4n) is 1.85. The highest BCUT2D eigenvalue weighted by Crippen LogP contribution is 2.36. The minimum absolute atomic E-state index is 0.316. The van der Waals surface area contributed by atoms with Gasteiger partial charge < -0.3 is 0 Å². The highest BCUT2D eigenvalue weighted by Gasteiger charge is 2.19. The maximum absolute atomic E-state index is 12.5. The molecule has 0 aliphatic carbocycles. The Hall–Kier alpha value is -1.27. The fourth-order valence-corrected chi connectivity index (χ4v) is 5.65. The van der Waals surface area contributed by atoms with E-state index in [0.29, 0.717) is 14.8 Å². The van der Waals surface area contributed by atoms with E-state index in [1.807, 2.05) is 24.3 Å². The van der Waals surface area contributed by atoms with Gasteiger partial charge in [0.05, 0.1) is 14.0 Å². The molecule has 2 nitrogen and oxygen atoms in total. The molecule has 1 aromatic heterocycles. The first-order chi connectivity index (χ1) is 10.6. The average molecular weight is 367 g/mol. The Morgan fingerprint density at radius 2 is 1.59 bits per heavy atom. The quantitative estimate of drug-likeness (QED) is 0.621. The molecule has 0 fully saturated rings. The maximum atomic E-state index is 12.5. The Kier molecular flexibility index (Phi) is 4.59. The summed E-state index contributed by atoms with van der Waals surface area (Å²) in [7, 11) is -3.44. The second-order valence-electron chi connectivity index (χ2n) is 4.47. The monoisotopic (exact) mass is 366 g/mol. The molecule has 2 aromatic carbocycles. The van der Waals surface area contributed by atoms with Gasteiger partial charge in [-0.1, -0.05) is 41.6 Å². The van der Waals surface area contributed by atoms with E-state index < -0.39 is 9.84 Å². The minimum atomic E-state index is -3.44. The zero-order chi connectivity index (χ0) is 15.6. The summed E-state index contributed by atoms with van der Waals surface area (Å²) in [6.07, 6.45) is 0. The molecule has 0 saturated heterocycles. The zero-order valence-corrected chi connectivity index (χ0v) is 14.5. The van der Waals surface area contributed by atoms with Crippen molar-refractivity contribution in [2.24, 2.45) is 0 Å². The van der Waals surface area contributed by atoms with Crippen LogP contribution in [-0.4, -0.2) is 8.42 Å². The van der Waals surface area contributed by atoms with Crippen molar-refractivity contribution in [2.75, 3.05) is 0 Å². The summed E-state index contributed by atoms with van der Waals surface area (Å²) in [4.78, 5) is 1.67. The summed E-state index contributed by atoms with van der Waals surface area (Å²) in [6, 6.07) is 17.7. The van der Waals surface area contributed by atoms with Gasteiger partial charge in [0.15, 0.2) is 0 Å². The maximum Gasteiger partial charge on any atom is 0.207 e. The molecular formula is C16H11ClO2S3. The van der Waals surface area contributed by atoms with E-state index in [-0.39, 0.29) is 0 Å². The predicted octanol–water partition coefficient (Wildman–Crippen LogP) is 5.39. The smallest absolute Gasteiger partial charge is 0.207 e. The van der Waals surface area contributed by atoms with Crippen molar-refractivity contribution in [3.05, 3.63) is 71.1 Å². The van der Waals surface area contributed by atoms with Gasteiger partial charge in [-0.2, -0.15) is 0 Å². The summed E-state index contributed by atoms with van der Waals surface area (Å²) < 4.78 is 26.0. The molecule has 0 unspecified atom stereocenters. The summed E-state index contributed by atoms with van der Waals surface area (Å²) >= 11 is 8.81. The van der Waals surface area contributed by atoms with Crippen molar-refractivity contribution >= 4 is 44.5 Å². The number of thiophene rings is 1. The van der Waals surface area contributed by atoms with Crippen LogP contribution in [0.25, 0.3) is 0 Å². The van der Waals surface area contributed by atoms with E-state index in [1.54, 1.807) is 41.8 Å². The van der Waals surface area contributed by atoms with Crippen LogP contribution in [-0.2, 0) is 9.84 Å². The third-order valence-corrected chi connectivity index (χ3v) is 7.19. The lowest BCUT2D eigenvalue weighted by Crippen LogP contribution is -1.99. The first-order valence-corrected chi connectivity index (χ1v) is 9.93. The third-order valence-electron chi connectivity index (χ3n) is 2.95. The molecule has 1 heterocycles. The lowest BCUT2D eigenvalue weighted by Gasteiger charge is -2.01. The van der Waals surface area contributed by atoms with E-state index >= 15 is 0 Å². The number of hydrogen-bond donors (Lipinski definition) is 0. The van der Waals surface area contributed by atoms with Crippen molar-refractivity contribution in [3.63, 3.8) is 0 Å². The van der Waals surface area contributed by atoms with Crippen LogP contribution in [0.2, 0.25) is 5.02 Å². The molecule has 0 aliphatic rings. The van der Waals surface area contributed by atoms with Gasteiger partial charge in [0, 0.05) is 15.3 Å². The first kappa shape index (κ1) is 15.6. The molecular weight excluding hydrogens is 356 g/mol. The Morgan fingerprint density at radius 3 is 2.27 bits per heavy atom. The van der Waals surface area contributed by atoms with Crippen molar-refractivity contribution in [3.8, 4) is 0 Å². The van der Waals surface area contributed by atoms with Crippen LogP contribution in [0.15, 0.2) is 84.9 Å². The first-order valence-electron chi connectivity index (χ1n) is 6.38. The highest BCUT2D eigenvalue weighted by molar-refractivity contribution is 8.01. The molecule has 3 aromatic rings. The molecule has 0 amide bonds. The second kappa shape index (κ2) is 6.46. The largest absolute Gasteiger partial charge is 0.218 e. The van der Waals surface area contributed by atoms with E-state index in [1.165, 1.54) is 23.1 Å². The Morgan fingerprint density at radius 1 is 0.909 bits per heavy atom. The van der Waals surface area contributed by atoms with Crippen LogP contribution in [0.5, 0.6) is 0 Å². The normalized spacial score (nSPS) is 11.5. The summed E-state index contributed by atoms with van der Waals surface area (Å²) in [6.45, 7) is 0. The molecule has 0 bridgehead atoms. The zero-order valence-electron chi connectivity index (χ0n) is 11.3. The van der Waals surface area contributed by atoms with Gasteiger partial charge in [0.1, 0.15) is 0 Å². The van der Waals surface area contributed by atoms with E-state index in [9.17, 15) is 8.42 Å². The molecule has 0 N–H and O–H groups in total. The van der Waals surface area contributed by atoms with Gasteiger partial charge in [-0.05, 0) is 42.5 Å². The number of sulfone groups is 1. The SMILES string of the molecule is O=S(=O)(c1ccccc1)c1csc(Sc2ccc(Cl)cc2)c1. The molecule has 0 saturated carbocycles. The summed E-state index contributed by atoms with van der Waals surface area (Å²) in [5.41, 5.74) is 0. The predicted molar refractivity (Wildman–Crippen MR) is 91.8 cm³/mol. The lowest BCUT2D eigenvalue weighted by atomic mass is 10.4. The molecule has 112 valence electrons. The van der Waals surface area contributed by atoms with Crippen molar-refractivity contribution < 1.29 is 8.42 Å². The van der Waals surface area contributed by atoms with Gasteiger partial charge in [0.2, 0.25) is 9.84 Å². The molecule has 22 heavy (non-hydrogen) atoms. The van der Waals surface area contributed by atoms with E-state index in [4.69, 9.17) is 11.6 Å². The number of halogens is 1. The minimum Gasteiger partial charge on any atom is -0.218 e. The van der Waals surface area contributed by atoms with Crippen LogP contribution in [0.3, 0.4) is 0 Å². The number of benzene rings is 2. The Bertz CT molecular complexity index is 869. The average Bonchev–Trinajstić information content (AvgIpc) is 3.00. The topological polar surface area (TPSA) is 34.1 Å². The number of rotatable bonds is 4. The molecule has 3 rings (SSSR count). The van der Waals surface area contributed by atoms with Gasteiger partial charge in [0.25, 0.3) is 0 Å². The van der Waals surface area contributed by atoms with Crippen LogP contribution in [0.1, 0.15) is 0 Å². The van der Waals surface area contributed by atoms with E-state index in [0.717, 1.165) is 9.10 Å². The van der Waals surface area contributed by atoms with Crippen LogP contribution in [0, 0.1) is 0 Å². The van der Waals surface area contributed by atoms with Gasteiger partial charge in [-0.3, -0.25) is 0 Å². The molecule has 0 atom stereocenters. The fraction of sp³-hybridized carbons (Fsp3) is 0. The molecule has 0 aliphatic heterocycles. The van der Waals surface area contributed by atoms with Crippen molar-refractivity contribution in [1.29, 1.82) is 0 Å².